The van der Waals surface area contributed by atoms with Crippen LogP contribution in [0.15, 0.2) is 0 Å². The Bertz CT molecular complexity index is 273. The molecule has 1 aliphatic rings. The van der Waals surface area contributed by atoms with Crippen LogP contribution in [0.2, 0.25) is 0 Å². The summed E-state index contributed by atoms with van der Waals surface area (Å²) < 4.78 is 41.3. The van der Waals surface area contributed by atoms with Gasteiger partial charge < -0.3 is 15.6 Å². The van der Waals surface area contributed by atoms with Crippen molar-refractivity contribution < 1.29 is 27.8 Å². The molecule has 3 N–H and O–H groups in total. The van der Waals surface area contributed by atoms with E-state index in [4.69, 9.17) is 5.73 Å². The minimum atomic E-state index is -4.57. The summed E-state index contributed by atoms with van der Waals surface area (Å²) >= 11 is 0.554. The zero-order chi connectivity index (χ0) is 11.9. The van der Waals surface area contributed by atoms with Crippen LogP contribution in [-0.2, 0) is 9.53 Å². The number of carbonyl (C=O) groups is 1. The zero-order valence-corrected chi connectivity index (χ0v) is 8.56. The maximum atomic E-state index is 12.3. The van der Waals surface area contributed by atoms with Gasteiger partial charge >= 0.3 is 12.1 Å². The highest BCUT2D eigenvalue weighted by Crippen LogP contribution is 2.45. The molecule has 3 unspecified atom stereocenters. The summed E-state index contributed by atoms with van der Waals surface area (Å²) in [7, 11) is 1.01. The lowest BCUT2D eigenvalue weighted by Gasteiger charge is -2.26. The molecule has 1 aliphatic heterocycles. The summed E-state index contributed by atoms with van der Waals surface area (Å²) in [5.41, 5.74) is 5.38. The van der Waals surface area contributed by atoms with Crippen LogP contribution >= 0.6 is 11.8 Å². The van der Waals surface area contributed by atoms with E-state index < -0.39 is 34.8 Å². The molecule has 0 spiro atoms. The van der Waals surface area contributed by atoms with E-state index >= 15 is 0 Å². The SMILES string of the molecule is COC(=O)C1(N)SCC(C(F)(F)F)C1O. The van der Waals surface area contributed by atoms with Crippen molar-refractivity contribution in [3.05, 3.63) is 0 Å². The molecule has 0 amide bonds. The number of ether oxygens (including phenoxy) is 1. The average molecular weight is 245 g/mol. The van der Waals surface area contributed by atoms with Crippen molar-refractivity contribution >= 4 is 17.7 Å². The van der Waals surface area contributed by atoms with Crippen LogP contribution in [0.1, 0.15) is 0 Å². The topological polar surface area (TPSA) is 72.5 Å². The van der Waals surface area contributed by atoms with Gasteiger partial charge in [0.05, 0.1) is 13.0 Å². The third-order valence-corrected chi connectivity index (χ3v) is 3.66. The Hall–Kier alpha value is -0.470. The quantitative estimate of drug-likeness (QED) is 0.641. The van der Waals surface area contributed by atoms with Crippen LogP contribution in [0.3, 0.4) is 0 Å². The smallest absolute Gasteiger partial charge is 0.395 e. The van der Waals surface area contributed by atoms with E-state index in [9.17, 15) is 23.1 Å². The molecule has 4 nitrogen and oxygen atoms in total. The van der Waals surface area contributed by atoms with Crippen molar-refractivity contribution in [3.63, 3.8) is 0 Å². The molecule has 1 saturated heterocycles. The predicted molar refractivity (Wildman–Crippen MR) is 46.9 cm³/mol. The molecule has 0 aliphatic carbocycles. The minimum Gasteiger partial charge on any atom is -0.467 e. The lowest BCUT2D eigenvalue weighted by atomic mass is 9.98. The number of carbonyl (C=O) groups excluding carboxylic acids is 1. The standard InChI is InChI=1S/C7H10F3NO3S/c1-14-5(13)6(11)4(12)3(2-15-6)7(8,9)10/h3-4,12H,2,11H2,1H3. The van der Waals surface area contributed by atoms with Crippen molar-refractivity contribution in [1.82, 2.24) is 0 Å². The molecule has 15 heavy (non-hydrogen) atoms. The molecule has 1 rings (SSSR count). The van der Waals surface area contributed by atoms with Gasteiger partial charge in [-0.3, -0.25) is 0 Å². The van der Waals surface area contributed by atoms with E-state index in [1.807, 2.05) is 0 Å². The zero-order valence-electron chi connectivity index (χ0n) is 7.75. The van der Waals surface area contributed by atoms with Gasteiger partial charge in [-0.1, -0.05) is 0 Å². The summed E-state index contributed by atoms with van der Waals surface area (Å²) in [5, 5.41) is 9.38. The van der Waals surface area contributed by atoms with Gasteiger partial charge in [0.15, 0.2) is 4.87 Å². The van der Waals surface area contributed by atoms with E-state index in [0.29, 0.717) is 11.8 Å². The van der Waals surface area contributed by atoms with Gasteiger partial charge in [0.2, 0.25) is 0 Å². The monoisotopic (exact) mass is 245 g/mol. The lowest BCUT2D eigenvalue weighted by Crippen LogP contribution is -2.55. The Labute approximate surface area is 88.0 Å². The van der Waals surface area contributed by atoms with Gasteiger partial charge in [-0.05, 0) is 0 Å². The first-order valence-electron chi connectivity index (χ1n) is 3.99. The molecule has 0 aromatic carbocycles. The van der Waals surface area contributed by atoms with Crippen LogP contribution in [-0.4, -0.2) is 41.1 Å². The fourth-order valence-corrected chi connectivity index (χ4v) is 2.68. The van der Waals surface area contributed by atoms with E-state index in [1.54, 1.807) is 0 Å². The van der Waals surface area contributed by atoms with Crippen molar-refractivity contribution in [2.45, 2.75) is 17.2 Å². The van der Waals surface area contributed by atoms with Crippen LogP contribution in [0.25, 0.3) is 0 Å². The molecule has 88 valence electrons. The first-order chi connectivity index (χ1) is 6.73. The van der Waals surface area contributed by atoms with Crippen molar-refractivity contribution in [3.8, 4) is 0 Å². The average Bonchev–Trinajstić information content (AvgIpc) is 2.43. The number of nitrogens with two attached hydrogens (primary N) is 1. The van der Waals surface area contributed by atoms with Gasteiger partial charge in [0, 0.05) is 5.75 Å². The van der Waals surface area contributed by atoms with Crippen LogP contribution in [0, 0.1) is 5.92 Å². The molecular weight excluding hydrogens is 235 g/mol. The summed E-state index contributed by atoms with van der Waals surface area (Å²) in [6, 6.07) is 0. The minimum absolute atomic E-state index is 0.448. The van der Waals surface area contributed by atoms with Gasteiger partial charge in [-0.25, -0.2) is 4.79 Å². The normalized spacial score (nSPS) is 36.7. The second kappa shape index (κ2) is 3.84. The number of aliphatic hydroxyl groups excluding tert-OH is 1. The number of hydrogen-bond donors (Lipinski definition) is 2. The largest absolute Gasteiger partial charge is 0.467 e. The summed E-state index contributed by atoms with van der Waals surface area (Å²) in [5.74, 6) is -3.49. The molecule has 1 heterocycles. The molecular formula is C7H10F3NO3S. The first kappa shape index (κ1) is 12.6. The van der Waals surface area contributed by atoms with Gasteiger partial charge in [0.1, 0.15) is 6.10 Å². The lowest BCUT2D eigenvalue weighted by molar-refractivity contribution is -0.195. The maximum absolute atomic E-state index is 12.3. The highest BCUT2D eigenvalue weighted by molar-refractivity contribution is 8.01. The highest BCUT2D eigenvalue weighted by atomic mass is 32.2. The highest BCUT2D eigenvalue weighted by Gasteiger charge is 2.60. The number of thioether (sulfide) groups is 1. The molecule has 0 radical (unpaired) electrons. The van der Waals surface area contributed by atoms with Crippen LogP contribution < -0.4 is 5.73 Å². The van der Waals surface area contributed by atoms with E-state index in [2.05, 4.69) is 4.74 Å². The van der Waals surface area contributed by atoms with E-state index in [1.165, 1.54) is 0 Å². The Morgan fingerprint density at radius 3 is 2.53 bits per heavy atom. The van der Waals surface area contributed by atoms with Gasteiger partial charge in [0.25, 0.3) is 0 Å². The molecule has 0 bridgehead atoms. The molecule has 0 aromatic heterocycles. The first-order valence-corrected chi connectivity index (χ1v) is 4.98. The predicted octanol–water partition coefficient (Wildman–Crippen LogP) is 0.101. The second-order valence-corrected chi connectivity index (χ2v) is 4.49. The molecule has 3 atom stereocenters. The molecule has 0 saturated carbocycles. The molecule has 8 heteroatoms. The third-order valence-electron chi connectivity index (χ3n) is 2.25. The maximum Gasteiger partial charge on any atom is 0.395 e. The molecule has 0 aromatic rings. The Morgan fingerprint density at radius 2 is 2.20 bits per heavy atom. The fraction of sp³-hybridized carbons (Fsp3) is 0.857. The Kier molecular flexibility index (Phi) is 3.22. The van der Waals surface area contributed by atoms with Crippen molar-refractivity contribution in [2.24, 2.45) is 11.7 Å². The summed E-state index contributed by atoms with van der Waals surface area (Å²) in [6.45, 7) is 0. The Morgan fingerprint density at radius 1 is 1.67 bits per heavy atom. The van der Waals surface area contributed by atoms with Crippen molar-refractivity contribution in [2.75, 3.05) is 12.9 Å². The number of aliphatic hydroxyl groups is 1. The van der Waals surface area contributed by atoms with Crippen molar-refractivity contribution in [1.29, 1.82) is 0 Å². The Balaban J connectivity index is 2.88. The third kappa shape index (κ3) is 2.06. The summed E-state index contributed by atoms with van der Waals surface area (Å²) in [4.78, 5) is 9.10. The summed E-state index contributed by atoms with van der Waals surface area (Å²) in [6.07, 6.45) is -6.54. The molecule has 1 fully saturated rings. The van der Waals surface area contributed by atoms with Gasteiger partial charge in [-0.15, -0.1) is 11.8 Å². The number of halogens is 3. The number of methoxy groups -OCH3 is 1. The van der Waals surface area contributed by atoms with Crippen LogP contribution in [0.5, 0.6) is 0 Å². The van der Waals surface area contributed by atoms with E-state index in [0.717, 1.165) is 7.11 Å². The van der Waals surface area contributed by atoms with E-state index in [-0.39, 0.29) is 0 Å². The number of esters is 1. The van der Waals surface area contributed by atoms with Crippen LogP contribution in [0.4, 0.5) is 13.2 Å². The second-order valence-electron chi connectivity index (χ2n) is 3.19. The number of hydrogen-bond acceptors (Lipinski definition) is 5. The number of alkyl halides is 3. The fourth-order valence-electron chi connectivity index (χ4n) is 1.32. The van der Waals surface area contributed by atoms with Gasteiger partial charge in [-0.2, -0.15) is 13.2 Å². The number of rotatable bonds is 1.